The third-order valence-corrected chi connectivity index (χ3v) is 9.27. The molecule has 0 spiro atoms. The SMILES string of the molecule is CCN(CC)c1ccc2cc(C(=O)Nc3ccccc3CC(=O)NC3C(=O)N4[C@@H]3SC(C)(C)[C@@H]4C(=O)O)c(=O)oc2c1. The molecule has 0 radical (unpaired) electrons. The Morgan fingerprint density at radius 2 is 1.79 bits per heavy atom. The van der Waals surface area contributed by atoms with Crippen LogP contribution in [0.1, 0.15) is 43.6 Å². The molecule has 3 amide bonds. The van der Waals surface area contributed by atoms with Gasteiger partial charge in [-0.1, -0.05) is 18.2 Å². The van der Waals surface area contributed by atoms with E-state index >= 15 is 0 Å². The van der Waals surface area contributed by atoms with E-state index in [4.69, 9.17) is 4.42 Å². The summed E-state index contributed by atoms with van der Waals surface area (Å²) in [5, 5.41) is 15.2. The van der Waals surface area contributed by atoms with E-state index in [1.54, 1.807) is 50.2 Å². The number of thioether (sulfide) groups is 1. The van der Waals surface area contributed by atoms with Crippen molar-refractivity contribution >= 4 is 57.8 Å². The number of nitrogens with zero attached hydrogens (tertiary/aromatic N) is 2. The van der Waals surface area contributed by atoms with Crippen LogP contribution < -0.4 is 21.2 Å². The third kappa shape index (κ3) is 5.22. The molecule has 3 N–H and O–H groups in total. The highest BCUT2D eigenvalue weighted by molar-refractivity contribution is 8.01. The first kappa shape index (κ1) is 29.2. The van der Waals surface area contributed by atoms with Crippen molar-refractivity contribution in [3.8, 4) is 0 Å². The molecule has 12 heteroatoms. The lowest BCUT2D eigenvalue weighted by atomic mass is 9.96. The number of carboxylic acids is 1. The van der Waals surface area contributed by atoms with Crippen LogP contribution >= 0.6 is 11.8 Å². The number of benzene rings is 2. The molecule has 5 rings (SSSR count). The Balaban J connectivity index is 1.29. The summed E-state index contributed by atoms with van der Waals surface area (Å²) >= 11 is 1.34. The number of carbonyl (C=O) groups excluding carboxylic acids is 3. The number of anilines is 2. The van der Waals surface area contributed by atoms with Crippen LogP contribution in [0, 0.1) is 0 Å². The lowest BCUT2D eigenvalue weighted by Crippen LogP contribution is -2.70. The summed E-state index contributed by atoms with van der Waals surface area (Å²) in [6, 6.07) is 11.8. The second kappa shape index (κ2) is 11.2. The molecule has 0 aliphatic carbocycles. The number of aliphatic carboxylic acids is 1. The lowest BCUT2D eigenvalue weighted by Gasteiger charge is -2.43. The summed E-state index contributed by atoms with van der Waals surface area (Å²) in [5.41, 5.74) is 1.14. The first-order valence-electron chi connectivity index (χ1n) is 13.7. The minimum atomic E-state index is -1.08. The Morgan fingerprint density at radius 3 is 2.48 bits per heavy atom. The maximum absolute atomic E-state index is 13.2. The molecule has 220 valence electrons. The summed E-state index contributed by atoms with van der Waals surface area (Å²) in [7, 11) is 0. The standard InChI is InChI=1S/C30H32N4O7S/c1-5-33(6-2)18-12-11-17-13-19(29(40)41-21(17)15-18)25(36)31-20-10-8-7-9-16(20)14-22(35)32-23-26(37)34-24(28(38)39)30(3,4)42-27(23)34/h7-13,15,23-24,27H,5-6,14H2,1-4H3,(H,31,36)(H,32,35)(H,38,39)/t23?,24-,27+/m0/s1. The van der Waals surface area contributed by atoms with Crippen molar-refractivity contribution in [3.05, 3.63) is 70.1 Å². The van der Waals surface area contributed by atoms with E-state index in [0.29, 0.717) is 22.2 Å². The number of hydrogen-bond acceptors (Lipinski definition) is 8. The molecule has 2 fully saturated rings. The highest BCUT2D eigenvalue weighted by Crippen LogP contribution is 2.50. The van der Waals surface area contributed by atoms with Crippen LogP contribution in [0.5, 0.6) is 0 Å². The van der Waals surface area contributed by atoms with Crippen molar-refractivity contribution in [2.45, 2.75) is 56.3 Å². The zero-order chi connectivity index (χ0) is 30.3. The monoisotopic (exact) mass is 592 g/mol. The van der Waals surface area contributed by atoms with Gasteiger partial charge in [0, 0.05) is 40.7 Å². The van der Waals surface area contributed by atoms with Gasteiger partial charge in [0.15, 0.2) is 0 Å². The number of carbonyl (C=O) groups is 4. The Morgan fingerprint density at radius 1 is 1.07 bits per heavy atom. The molecule has 3 atom stereocenters. The van der Waals surface area contributed by atoms with Crippen molar-refractivity contribution in [1.29, 1.82) is 0 Å². The molecule has 2 aromatic carbocycles. The minimum absolute atomic E-state index is 0.149. The first-order valence-corrected chi connectivity index (χ1v) is 14.6. The molecular formula is C30H32N4O7S. The van der Waals surface area contributed by atoms with Crippen LogP contribution in [0.15, 0.2) is 57.7 Å². The molecule has 1 unspecified atom stereocenters. The number of para-hydroxylation sites is 1. The average Bonchev–Trinajstić information content (AvgIpc) is 3.20. The van der Waals surface area contributed by atoms with Gasteiger partial charge in [0.1, 0.15) is 28.6 Å². The fourth-order valence-electron chi connectivity index (χ4n) is 5.57. The number of amides is 3. The van der Waals surface area contributed by atoms with Crippen molar-refractivity contribution in [2.24, 2.45) is 0 Å². The molecule has 42 heavy (non-hydrogen) atoms. The molecule has 11 nitrogen and oxygen atoms in total. The maximum Gasteiger partial charge on any atom is 0.349 e. The largest absolute Gasteiger partial charge is 0.480 e. The third-order valence-electron chi connectivity index (χ3n) is 7.70. The molecule has 0 saturated carbocycles. The fraction of sp³-hybridized carbons (Fsp3) is 0.367. The molecule has 2 aliphatic rings. The predicted octanol–water partition coefficient (Wildman–Crippen LogP) is 3.07. The van der Waals surface area contributed by atoms with Gasteiger partial charge < -0.3 is 30.0 Å². The van der Waals surface area contributed by atoms with E-state index in [1.807, 2.05) is 19.9 Å². The maximum atomic E-state index is 13.2. The Labute approximate surface area is 246 Å². The number of β-lactam (4-membered cyclic amide) rings is 1. The summed E-state index contributed by atoms with van der Waals surface area (Å²) < 4.78 is 4.79. The zero-order valence-corrected chi connectivity index (χ0v) is 24.5. The zero-order valence-electron chi connectivity index (χ0n) is 23.7. The summed E-state index contributed by atoms with van der Waals surface area (Å²) in [5.74, 6) is -2.66. The predicted molar refractivity (Wildman–Crippen MR) is 160 cm³/mol. The normalized spacial score (nSPS) is 20.5. The highest BCUT2D eigenvalue weighted by atomic mass is 32.2. The van der Waals surface area contributed by atoms with Crippen LogP contribution in [0.4, 0.5) is 11.4 Å². The molecule has 3 heterocycles. The van der Waals surface area contributed by atoms with E-state index in [-0.39, 0.29) is 12.0 Å². The molecule has 0 bridgehead atoms. The topological polar surface area (TPSA) is 149 Å². The van der Waals surface area contributed by atoms with E-state index in [0.717, 1.165) is 18.8 Å². The highest BCUT2D eigenvalue weighted by Gasteiger charge is 2.64. The smallest absolute Gasteiger partial charge is 0.349 e. The summed E-state index contributed by atoms with van der Waals surface area (Å²) in [6.07, 6.45) is -0.149. The van der Waals surface area contributed by atoms with Gasteiger partial charge in [0.2, 0.25) is 11.8 Å². The van der Waals surface area contributed by atoms with Gasteiger partial charge in [-0.25, -0.2) is 9.59 Å². The molecule has 2 aliphatic heterocycles. The van der Waals surface area contributed by atoms with E-state index < -0.39 is 51.5 Å². The first-order chi connectivity index (χ1) is 19.9. The van der Waals surface area contributed by atoms with Gasteiger partial charge >= 0.3 is 11.6 Å². The van der Waals surface area contributed by atoms with Gasteiger partial charge in [-0.3, -0.25) is 14.4 Å². The van der Waals surface area contributed by atoms with Crippen molar-refractivity contribution in [1.82, 2.24) is 10.2 Å². The second-order valence-corrected chi connectivity index (χ2v) is 12.5. The van der Waals surface area contributed by atoms with Crippen LogP contribution in [-0.4, -0.2) is 69.0 Å². The van der Waals surface area contributed by atoms with Crippen LogP contribution in [0.3, 0.4) is 0 Å². The van der Waals surface area contributed by atoms with Crippen molar-refractivity contribution in [2.75, 3.05) is 23.3 Å². The lowest BCUT2D eigenvalue weighted by molar-refractivity contribution is -0.161. The minimum Gasteiger partial charge on any atom is -0.480 e. The molecule has 2 saturated heterocycles. The molecular weight excluding hydrogens is 560 g/mol. The van der Waals surface area contributed by atoms with Gasteiger partial charge in [-0.2, -0.15) is 0 Å². The van der Waals surface area contributed by atoms with E-state index in [9.17, 15) is 29.1 Å². The Hall–Kier alpha value is -4.32. The fourth-order valence-corrected chi connectivity index (χ4v) is 7.20. The van der Waals surface area contributed by atoms with Crippen LogP contribution in [0.25, 0.3) is 11.0 Å². The van der Waals surface area contributed by atoms with Gasteiger partial charge in [-0.15, -0.1) is 11.8 Å². The number of fused-ring (bicyclic) bond motifs is 2. The quantitative estimate of drug-likeness (QED) is 0.252. The summed E-state index contributed by atoms with van der Waals surface area (Å²) in [6.45, 7) is 9.18. The van der Waals surface area contributed by atoms with Crippen LogP contribution in [0.2, 0.25) is 0 Å². The van der Waals surface area contributed by atoms with Gasteiger partial charge in [-0.05, 0) is 57.5 Å². The van der Waals surface area contributed by atoms with Crippen molar-refractivity contribution < 1.29 is 28.7 Å². The van der Waals surface area contributed by atoms with Gasteiger partial charge in [0.05, 0.1) is 6.42 Å². The van der Waals surface area contributed by atoms with E-state index in [2.05, 4.69) is 15.5 Å². The van der Waals surface area contributed by atoms with E-state index in [1.165, 1.54) is 22.7 Å². The number of rotatable bonds is 9. The number of carboxylic acid groups (broad SMARTS) is 1. The number of hydrogen-bond donors (Lipinski definition) is 3. The number of nitrogens with one attached hydrogen (secondary N) is 2. The Kier molecular flexibility index (Phi) is 7.76. The summed E-state index contributed by atoms with van der Waals surface area (Å²) in [4.78, 5) is 66.8. The van der Waals surface area contributed by atoms with Gasteiger partial charge in [0.25, 0.3) is 5.91 Å². The molecule has 1 aromatic heterocycles. The Bertz CT molecular complexity index is 1650. The average molecular weight is 593 g/mol. The van der Waals surface area contributed by atoms with Crippen molar-refractivity contribution in [3.63, 3.8) is 0 Å². The second-order valence-electron chi connectivity index (χ2n) is 10.8. The molecule has 3 aromatic rings. The van der Waals surface area contributed by atoms with Crippen LogP contribution in [-0.2, 0) is 20.8 Å².